The van der Waals surface area contributed by atoms with Gasteiger partial charge in [-0.25, -0.2) is 8.42 Å². The Bertz CT molecular complexity index is 481. The van der Waals surface area contributed by atoms with Crippen LogP contribution < -0.4 is 5.32 Å². The zero-order chi connectivity index (χ0) is 13.8. The minimum absolute atomic E-state index is 0.0432. The van der Waals surface area contributed by atoms with Crippen LogP contribution >= 0.6 is 0 Å². The van der Waals surface area contributed by atoms with Crippen molar-refractivity contribution in [3.05, 3.63) is 12.4 Å². The standard InChI is InChI=1S/C10H18N4O3S/c1-8(2)4-11-10(15)7-14(3)18(16,17)9-5-12-13-6-9/h5-6,8H,4,7H2,1-3H3,(H,11,15)(H,12,13). The van der Waals surface area contributed by atoms with Crippen LogP contribution in [0, 0.1) is 5.92 Å². The van der Waals surface area contributed by atoms with E-state index in [1.807, 2.05) is 13.8 Å². The van der Waals surface area contributed by atoms with Gasteiger partial charge in [0, 0.05) is 19.8 Å². The van der Waals surface area contributed by atoms with E-state index in [0.717, 1.165) is 4.31 Å². The molecule has 2 N–H and O–H groups in total. The number of H-pyrrole nitrogens is 1. The molecule has 7 nitrogen and oxygen atoms in total. The molecule has 1 aromatic rings. The molecule has 1 amide bonds. The second kappa shape index (κ2) is 5.96. The maximum absolute atomic E-state index is 12.0. The minimum Gasteiger partial charge on any atom is -0.355 e. The molecule has 0 bridgehead atoms. The quantitative estimate of drug-likeness (QED) is 0.751. The highest BCUT2D eigenvalue weighted by molar-refractivity contribution is 7.89. The van der Waals surface area contributed by atoms with Crippen molar-refractivity contribution in [3.63, 3.8) is 0 Å². The SMILES string of the molecule is CC(C)CNC(=O)CN(C)S(=O)(=O)c1cn[nH]c1. The number of sulfonamides is 1. The first kappa shape index (κ1) is 14.7. The van der Waals surface area contributed by atoms with E-state index < -0.39 is 10.0 Å². The molecule has 0 unspecified atom stereocenters. The summed E-state index contributed by atoms with van der Waals surface area (Å²) in [6, 6.07) is 0. The lowest BCUT2D eigenvalue weighted by Gasteiger charge is -2.16. The summed E-state index contributed by atoms with van der Waals surface area (Å²) in [6.07, 6.45) is 2.48. The Morgan fingerprint density at radius 1 is 1.56 bits per heavy atom. The van der Waals surface area contributed by atoms with Crippen LogP contribution in [0.25, 0.3) is 0 Å². The molecule has 1 rings (SSSR count). The van der Waals surface area contributed by atoms with Gasteiger partial charge < -0.3 is 5.32 Å². The molecule has 0 aromatic carbocycles. The van der Waals surface area contributed by atoms with Gasteiger partial charge in [0.15, 0.2) is 0 Å². The predicted molar refractivity (Wildman–Crippen MR) is 66.3 cm³/mol. The van der Waals surface area contributed by atoms with Crippen LogP contribution in [-0.4, -0.2) is 49.0 Å². The summed E-state index contributed by atoms with van der Waals surface area (Å²) in [5.41, 5.74) is 0. The third kappa shape index (κ3) is 3.81. The van der Waals surface area contributed by atoms with Crippen LogP contribution in [0.2, 0.25) is 0 Å². The van der Waals surface area contributed by atoms with Crippen LogP contribution in [0.3, 0.4) is 0 Å². The molecule has 0 aliphatic heterocycles. The Hall–Kier alpha value is -1.41. The molecule has 0 spiro atoms. The summed E-state index contributed by atoms with van der Waals surface area (Å²) in [5.74, 6) is 0.00278. The molecule has 0 aliphatic rings. The second-order valence-electron chi connectivity index (χ2n) is 4.39. The zero-order valence-corrected chi connectivity index (χ0v) is 11.5. The number of nitrogens with zero attached hydrogens (tertiary/aromatic N) is 2. The molecule has 1 aromatic heterocycles. The van der Waals surface area contributed by atoms with Crippen LogP contribution in [0.5, 0.6) is 0 Å². The fourth-order valence-corrected chi connectivity index (χ4v) is 2.26. The Kier molecular flexibility index (Phi) is 4.85. The van der Waals surface area contributed by atoms with E-state index in [-0.39, 0.29) is 17.3 Å². The van der Waals surface area contributed by atoms with E-state index in [1.54, 1.807) is 0 Å². The molecule has 0 radical (unpaired) electrons. The first-order valence-electron chi connectivity index (χ1n) is 5.56. The first-order chi connectivity index (χ1) is 8.34. The smallest absolute Gasteiger partial charge is 0.246 e. The van der Waals surface area contributed by atoms with E-state index in [9.17, 15) is 13.2 Å². The molecule has 0 saturated heterocycles. The van der Waals surface area contributed by atoms with Crippen LogP contribution in [0.15, 0.2) is 17.3 Å². The maximum Gasteiger partial charge on any atom is 0.246 e. The Morgan fingerprint density at radius 3 is 2.72 bits per heavy atom. The van der Waals surface area contributed by atoms with Crippen molar-refractivity contribution in [1.29, 1.82) is 0 Å². The molecule has 0 saturated carbocycles. The lowest BCUT2D eigenvalue weighted by Crippen LogP contribution is -2.39. The highest BCUT2D eigenvalue weighted by Crippen LogP contribution is 2.10. The van der Waals surface area contributed by atoms with Crippen molar-refractivity contribution < 1.29 is 13.2 Å². The van der Waals surface area contributed by atoms with Gasteiger partial charge in [0.1, 0.15) is 4.90 Å². The fraction of sp³-hybridized carbons (Fsp3) is 0.600. The van der Waals surface area contributed by atoms with E-state index >= 15 is 0 Å². The van der Waals surface area contributed by atoms with Gasteiger partial charge in [-0.1, -0.05) is 13.8 Å². The molecule has 18 heavy (non-hydrogen) atoms. The maximum atomic E-state index is 12.0. The normalized spacial score (nSPS) is 12.1. The van der Waals surface area contributed by atoms with Gasteiger partial charge >= 0.3 is 0 Å². The third-order valence-corrected chi connectivity index (χ3v) is 4.02. The molecular formula is C10H18N4O3S. The van der Waals surface area contributed by atoms with Crippen LogP contribution in [-0.2, 0) is 14.8 Å². The van der Waals surface area contributed by atoms with Gasteiger partial charge in [-0.15, -0.1) is 0 Å². The van der Waals surface area contributed by atoms with Gasteiger partial charge in [0.05, 0.1) is 12.7 Å². The largest absolute Gasteiger partial charge is 0.355 e. The highest BCUT2D eigenvalue weighted by atomic mass is 32.2. The van der Waals surface area contributed by atoms with Gasteiger partial charge in [-0.05, 0) is 5.92 Å². The van der Waals surface area contributed by atoms with Crippen molar-refractivity contribution in [2.75, 3.05) is 20.1 Å². The molecular weight excluding hydrogens is 256 g/mol. The number of aromatic nitrogens is 2. The Balaban J connectivity index is 2.60. The summed E-state index contributed by atoms with van der Waals surface area (Å²) in [6.45, 7) is 4.25. The first-order valence-corrected chi connectivity index (χ1v) is 7.00. The topological polar surface area (TPSA) is 95.2 Å². The van der Waals surface area contributed by atoms with Crippen LogP contribution in [0.1, 0.15) is 13.8 Å². The average molecular weight is 274 g/mol. The number of rotatable bonds is 6. The molecule has 0 fully saturated rings. The summed E-state index contributed by atoms with van der Waals surface area (Å²) >= 11 is 0. The third-order valence-electron chi connectivity index (χ3n) is 2.26. The number of carbonyl (C=O) groups is 1. The summed E-state index contributed by atoms with van der Waals surface area (Å²) in [4.78, 5) is 11.6. The van der Waals surface area contributed by atoms with Gasteiger partial charge in [-0.3, -0.25) is 9.89 Å². The fourth-order valence-electron chi connectivity index (χ4n) is 1.22. The van der Waals surface area contributed by atoms with E-state index in [0.29, 0.717) is 12.5 Å². The van der Waals surface area contributed by atoms with Crippen molar-refractivity contribution >= 4 is 15.9 Å². The van der Waals surface area contributed by atoms with Crippen LogP contribution in [0.4, 0.5) is 0 Å². The van der Waals surface area contributed by atoms with E-state index in [1.165, 1.54) is 19.4 Å². The minimum atomic E-state index is -3.65. The zero-order valence-electron chi connectivity index (χ0n) is 10.7. The van der Waals surface area contributed by atoms with Gasteiger partial charge in [0.25, 0.3) is 0 Å². The Labute approximate surface area is 107 Å². The van der Waals surface area contributed by atoms with E-state index in [2.05, 4.69) is 15.5 Å². The molecule has 1 heterocycles. The predicted octanol–water partition coefficient (Wildman–Crippen LogP) is -0.198. The molecule has 0 atom stereocenters. The lowest BCUT2D eigenvalue weighted by molar-refractivity contribution is -0.121. The Morgan fingerprint density at radius 2 is 2.22 bits per heavy atom. The number of hydrogen-bond donors (Lipinski definition) is 2. The van der Waals surface area contributed by atoms with Gasteiger partial charge in [0.2, 0.25) is 15.9 Å². The number of carbonyl (C=O) groups excluding carboxylic acids is 1. The summed E-state index contributed by atoms with van der Waals surface area (Å²) in [5, 5.41) is 8.67. The van der Waals surface area contributed by atoms with E-state index in [4.69, 9.17) is 0 Å². The van der Waals surface area contributed by atoms with Gasteiger partial charge in [-0.2, -0.15) is 9.40 Å². The molecule has 102 valence electrons. The molecule has 8 heteroatoms. The number of nitrogens with one attached hydrogen (secondary N) is 2. The molecule has 0 aliphatic carbocycles. The summed E-state index contributed by atoms with van der Waals surface area (Å²) < 4.78 is 24.9. The number of likely N-dealkylation sites (N-methyl/N-ethyl adjacent to an activating group) is 1. The lowest BCUT2D eigenvalue weighted by atomic mass is 10.2. The van der Waals surface area contributed by atoms with Crippen molar-refractivity contribution in [2.45, 2.75) is 18.7 Å². The number of aromatic amines is 1. The van der Waals surface area contributed by atoms with Crippen molar-refractivity contribution in [1.82, 2.24) is 19.8 Å². The second-order valence-corrected chi connectivity index (χ2v) is 6.44. The monoisotopic (exact) mass is 274 g/mol. The van der Waals surface area contributed by atoms with Crippen molar-refractivity contribution in [2.24, 2.45) is 5.92 Å². The number of hydrogen-bond acceptors (Lipinski definition) is 4. The van der Waals surface area contributed by atoms with Crippen molar-refractivity contribution in [3.8, 4) is 0 Å². The highest BCUT2D eigenvalue weighted by Gasteiger charge is 2.23. The number of amides is 1. The summed E-state index contributed by atoms with van der Waals surface area (Å²) in [7, 11) is -2.29. The average Bonchev–Trinajstić information content (AvgIpc) is 2.80.